The fourth-order valence-corrected chi connectivity index (χ4v) is 7.46. The van der Waals surface area contributed by atoms with Crippen LogP contribution in [0.1, 0.15) is 6.92 Å². The average molecular weight is 613 g/mol. The van der Waals surface area contributed by atoms with Crippen LogP contribution in [0.3, 0.4) is 0 Å². The molecule has 0 aliphatic carbocycles. The topological polar surface area (TPSA) is 88.1 Å². The summed E-state index contributed by atoms with van der Waals surface area (Å²) in [6.45, 7) is 8.82. The second kappa shape index (κ2) is 10.8. The molecule has 0 amide bonds. The Kier molecular flexibility index (Phi) is 6.47. The summed E-state index contributed by atoms with van der Waals surface area (Å²) in [7, 11) is -1.28. The van der Waals surface area contributed by atoms with Gasteiger partial charge in [-0.2, -0.15) is 0 Å². The standard InChI is InChI=1S/C30H15O6P.C7H10O/c1-4-31-22-10-19-13-28(34-25(19)7-16(1)22)37(29-14-20-11-23-17(2-5-32-23)8-26(20)35-29)30-15-21-12-24-18(3-6-33-24)9-27(21)36-30;1-4-6-7(3)8-5-2/h1-15H;4-6H,2-3H2,1H3/b;6-4-. The smallest absolute Gasteiger partial charge is 0.142 e. The molecule has 0 radical (unpaired) electrons. The fraction of sp³-hybridized carbons (Fsp3) is 0.0270. The van der Waals surface area contributed by atoms with Gasteiger partial charge in [0, 0.05) is 32.3 Å². The molecule has 6 heterocycles. The van der Waals surface area contributed by atoms with Crippen molar-refractivity contribution in [2.45, 2.75) is 6.92 Å². The molecule has 8 heteroatoms. The van der Waals surface area contributed by atoms with E-state index in [2.05, 4.69) is 31.4 Å². The number of rotatable bonds is 6. The summed E-state index contributed by atoms with van der Waals surface area (Å²) in [4.78, 5) is 0. The minimum atomic E-state index is -1.28. The van der Waals surface area contributed by atoms with Crippen molar-refractivity contribution in [2.24, 2.45) is 0 Å². The molecule has 0 fully saturated rings. The highest BCUT2D eigenvalue weighted by atomic mass is 31.1. The number of hydrogen-bond donors (Lipinski definition) is 0. The molecular formula is C37H25O7P. The van der Waals surface area contributed by atoms with Crippen LogP contribution in [-0.4, -0.2) is 0 Å². The Morgan fingerprint density at radius 3 is 1.31 bits per heavy atom. The molecule has 9 rings (SSSR count). The first-order valence-corrected chi connectivity index (χ1v) is 15.5. The molecule has 0 spiro atoms. The zero-order valence-electron chi connectivity index (χ0n) is 24.1. The van der Waals surface area contributed by atoms with Crippen LogP contribution in [0.25, 0.3) is 65.8 Å². The van der Waals surface area contributed by atoms with Gasteiger partial charge in [0.25, 0.3) is 0 Å². The van der Waals surface area contributed by atoms with Crippen molar-refractivity contribution in [1.29, 1.82) is 0 Å². The van der Waals surface area contributed by atoms with Crippen LogP contribution >= 0.6 is 7.92 Å². The molecule has 0 N–H and O–H groups in total. The number of allylic oxidation sites excluding steroid dienone is 2. The van der Waals surface area contributed by atoms with E-state index in [9.17, 15) is 0 Å². The monoisotopic (exact) mass is 612 g/mol. The van der Waals surface area contributed by atoms with E-state index in [0.717, 1.165) is 82.3 Å². The van der Waals surface area contributed by atoms with E-state index in [1.807, 2.05) is 67.6 Å². The molecule has 0 atom stereocenters. The van der Waals surface area contributed by atoms with E-state index in [4.69, 9.17) is 31.2 Å². The van der Waals surface area contributed by atoms with E-state index < -0.39 is 7.92 Å². The van der Waals surface area contributed by atoms with Crippen LogP contribution in [-0.2, 0) is 4.74 Å². The molecular weight excluding hydrogens is 587 g/mol. The first-order chi connectivity index (χ1) is 22.1. The molecule has 0 saturated heterocycles. The van der Waals surface area contributed by atoms with Gasteiger partial charge >= 0.3 is 0 Å². The predicted octanol–water partition coefficient (Wildman–Crippen LogP) is 10.2. The second-order valence-electron chi connectivity index (χ2n) is 10.4. The van der Waals surface area contributed by atoms with Crippen LogP contribution in [0, 0.1) is 0 Å². The van der Waals surface area contributed by atoms with Gasteiger partial charge in [0.2, 0.25) is 0 Å². The number of benzene rings is 3. The number of fused-ring (bicyclic) bond motifs is 6. The van der Waals surface area contributed by atoms with Gasteiger partial charge in [0.1, 0.15) is 63.7 Å². The van der Waals surface area contributed by atoms with Crippen LogP contribution in [0.4, 0.5) is 0 Å². The van der Waals surface area contributed by atoms with Crippen LogP contribution < -0.4 is 16.5 Å². The average Bonchev–Trinajstić information content (AvgIpc) is 3.86. The van der Waals surface area contributed by atoms with Crippen molar-refractivity contribution in [2.75, 3.05) is 0 Å². The Labute approximate surface area is 257 Å². The third kappa shape index (κ3) is 4.84. The van der Waals surface area contributed by atoms with E-state index in [1.54, 1.807) is 24.9 Å². The second-order valence-corrected chi connectivity index (χ2v) is 12.4. The lowest BCUT2D eigenvalue weighted by Gasteiger charge is -2.08. The van der Waals surface area contributed by atoms with Crippen molar-refractivity contribution >= 4 is 90.2 Å². The van der Waals surface area contributed by atoms with E-state index >= 15 is 0 Å². The van der Waals surface area contributed by atoms with Crippen LogP contribution in [0.15, 0.2) is 155 Å². The van der Waals surface area contributed by atoms with Gasteiger partial charge in [0.05, 0.1) is 25.1 Å². The number of furan rings is 6. The predicted molar refractivity (Wildman–Crippen MR) is 179 cm³/mol. The maximum Gasteiger partial charge on any atom is 0.142 e. The first kappa shape index (κ1) is 26.9. The van der Waals surface area contributed by atoms with E-state index in [1.165, 1.54) is 6.26 Å². The summed E-state index contributed by atoms with van der Waals surface area (Å²) >= 11 is 0. The summed E-state index contributed by atoms with van der Waals surface area (Å²) in [5.74, 6) is 0.613. The lowest BCUT2D eigenvalue weighted by atomic mass is 10.2. The number of hydrogen-bond acceptors (Lipinski definition) is 7. The third-order valence-corrected chi connectivity index (χ3v) is 9.47. The molecule has 0 unspecified atom stereocenters. The molecule has 7 nitrogen and oxygen atoms in total. The summed E-state index contributed by atoms with van der Waals surface area (Å²) in [6, 6.07) is 24.0. The van der Waals surface area contributed by atoms with Gasteiger partial charge in [0.15, 0.2) is 0 Å². The zero-order chi connectivity index (χ0) is 30.5. The normalized spacial score (nSPS) is 12.0. The minimum absolute atomic E-state index is 0.613. The van der Waals surface area contributed by atoms with Crippen molar-refractivity contribution < 1.29 is 31.2 Å². The molecule has 0 saturated carbocycles. The minimum Gasteiger partial charge on any atom is -0.466 e. The number of ether oxygens (including phenoxy) is 1. The molecule has 0 aliphatic heterocycles. The van der Waals surface area contributed by atoms with Crippen molar-refractivity contribution in [3.05, 3.63) is 129 Å². The van der Waals surface area contributed by atoms with E-state index in [0.29, 0.717) is 5.76 Å². The largest absolute Gasteiger partial charge is 0.466 e. The van der Waals surface area contributed by atoms with E-state index in [-0.39, 0.29) is 0 Å². The lowest BCUT2D eigenvalue weighted by molar-refractivity contribution is 0.372. The maximum atomic E-state index is 6.46. The van der Waals surface area contributed by atoms with Crippen LogP contribution in [0.5, 0.6) is 0 Å². The Hall–Kier alpha value is -5.65. The summed E-state index contributed by atoms with van der Waals surface area (Å²) in [5.41, 5.74) is 7.18. The van der Waals surface area contributed by atoms with Crippen molar-refractivity contribution in [3.63, 3.8) is 0 Å². The molecule has 0 aliphatic rings. The van der Waals surface area contributed by atoms with Crippen LogP contribution in [0.2, 0.25) is 0 Å². The zero-order valence-corrected chi connectivity index (χ0v) is 25.0. The highest BCUT2D eigenvalue weighted by molar-refractivity contribution is 7.78. The van der Waals surface area contributed by atoms with Gasteiger partial charge in [-0.05, 0) is 85.8 Å². The maximum absolute atomic E-state index is 6.46. The Morgan fingerprint density at radius 2 is 0.956 bits per heavy atom. The third-order valence-electron chi connectivity index (χ3n) is 7.48. The summed E-state index contributed by atoms with van der Waals surface area (Å²) in [6.07, 6.45) is 10.0. The van der Waals surface area contributed by atoms with Gasteiger partial charge in [-0.15, -0.1) is 0 Å². The molecule has 9 aromatic rings. The molecule has 6 aromatic heterocycles. The van der Waals surface area contributed by atoms with Crippen molar-refractivity contribution in [1.82, 2.24) is 0 Å². The molecule has 45 heavy (non-hydrogen) atoms. The summed E-state index contributed by atoms with van der Waals surface area (Å²) < 4.78 is 41.0. The highest BCUT2D eigenvalue weighted by Gasteiger charge is 2.29. The SMILES string of the molecule is C=COC(=C)/C=C\C.c1cc2cc3oc(P(c4cc5cc6occc6cc5o4)c4cc5cc6occc6cc5o4)cc3cc2o1. The molecule has 0 bridgehead atoms. The Balaban J connectivity index is 0.000000336. The van der Waals surface area contributed by atoms with Gasteiger partial charge in [-0.25, -0.2) is 0 Å². The van der Waals surface area contributed by atoms with Gasteiger partial charge in [-0.1, -0.05) is 19.2 Å². The lowest BCUT2D eigenvalue weighted by Crippen LogP contribution is -2.17. The summed E-state index contributed by atoms with van der Waals surface area (Å²) in [5, 5.41) is 5.88. The van der Waals surface area contributed by atoms with Crippen molar-refractivity contribution in [3.8, 4) is 0 Å². The van der Waals surface area contributed by atoms with Gasteiger partial charge in [-0.3, -0.25) is 0 Å². The van der Waals surface area contributed by atoms with Gasteiger partial charge < -0.3 is 31.2 Å². The Bertz CT molecular complexity index is 2140. The highest BCUT2D eigenvalue weighted by Crippen LogP contribution is 2.40. The first-order valence-electron chi connectivity index (χ1n) is 14.2. The molecule has 3 aromatic carbocycles. The fourth-order valence-electron chi connectivity index (χ4n) is 5.43. The molecule has 220 valence electrons. The quantitative estimate of drug-likeness (QED) is 0.105. The Morgan fingerprint density at radius 1 is 0.578 bits per heavy atom.